The number of carbonyl (C=O) groups excluding carboxylic acids is 1. The molecule has 0 unspecified atom stereocenters. The molecule has 18 heavy (non-hydrogen) atoms. The van der Waals surface area contributed by atoms with Crippen LogP contribution in [0.3, 0.4) is 0 Å². The molecule has 1 heterocycles. The molecule has 4 nitrogen and oxygen atoms in total. The Morgan fingerprint density at radius 1 is 1.39 bits per heavy atom. The van der Waals surface area contributed by atoms with E-state index >= 15 is 0 Å². The van der Waals surface area contributed by atoms with Crippen molar-refractivity contribution < 1.29 is 9.53 Å². The van der Waals surface area contributed by atoms with Crippen LogP contribution in [0.25, 0.3) is 0 Å². The summed E-state index contributed by atoms with van der Waals surface area (Å²) in [5.41, 5.74) is 8.10. The molecule has 5 heteroatoms. The van der Waals surface area contributed by atoms with Crippen LogP contribution in [0, 0.1) is 6.92 Å². The Kier molecular flexibility index (Phi) is 3.94. The number of carbonyl (C=O) groups is 1. The van der Waals surface area contributed by atoms with Gasteiger partial charge in [-0.1, -0.05) is 12.1 Å². The second kappa shape index (κ2) is 5.64. The minimum absolute atomic E-state index is 0.242. The van der Waals surface area contributed by atoms with E-state index < -0.39 is 0 Å². The number of ether oxygens (including phenoxy) is 1. The van der Waals surface area contributed by atoms with Gasteiger partial charge in [0.15, 0.2) is 0 Å². The Morgan fingerprint density at radius 2 is 2.11 bits per heavy atom. The second-order valence-electron chi connectivity index (χ2n) is 3.96. The van der Waals surface area contributed by atoms with Gasteiger partial charge in [-0.3, -0.25) is 4.79 Å². The molecule has 0 saturated heterocycles. The lowest BCUT2D eigenvalue weighted by atomic mass is 10.1. The second-order valence-corrected chi connectivity index (χ2v) is 4.90. The number of anilines is 1. The largest absolute Gasteiger partial charge is 0.458 e. The van der Waals surface area contributed by atoms with Crippen molar-refractivity contribution in [3.63, 3.8) is 0 Å². The Labute approximate surface area is 109 Å². The Hall–Kier alpha value is -1.88. The number of aromatic nitrogens is 1. The van der Waals surface area contributed by atoms with Crippen molar-refractivity contribution in [2.45, 2.75) is 20.0 Å². The predicted molar refractivity (Wildman–Crippen MR) is 71.2 cm³/mol. The normalized spacial score (nSPS) is 10.3. The maximum absolute atomic E-state index is 11.6. The Bertz CT molecular complexity index is 534. The van der Waals surface area contributed by atoms with Crippen molar-refractivity contribution in [2.75, 3.05) is 5.73 Å². The first-order chi connectivity index (χ1) is 8.63. The molecule has 1 aromatic carbocycles. The predicted octanol–water partition coefficient (Wildman–Crippen LogP) is 2.32. The van der Waals surface area contributed by atoms with Gasteiger partial charge in [0.25, 0.3) is 0 Å². The fourth-order valence-corrected chi connectivity index (χ4v) is 2.15. The molecular weight excluding hydrogens is 248 g/mol. The van der Waals surface area contributed by atoms with E-state index in [1.807, 2.05) is 24.4 Å². The smallest absolute Gasteiger partial charge is 0.310 e. The molecule has 0 saturated carbocycles. The van der Waals surface area contributed by atoms with Crippen LogP contribution in [0.1, 0.15) is 16.3 Å². The van der Waals surface area contributed by atoms with Crippen LogP contribution in [0.5, 0.6) is 0 Å². The van der Waals surface area contributed by atoms with Gasteiger partial charge < -0.3 is 10.5 Å². The summed E-state index contributed by atoms with van der Waals surface area (Å²) in [5.74, 6) is -0.257. The van der Waals surface area contributed by atoms with Crippen molar-refractivity contribution in [3.8, 4) is 0 Å². The van der Waals surface area contributed by atoms with Crippen molar-refractivity contribution >= 4 is 23.0 Å². The number of benzene rings is 1. The quantitative estimate of drug-likeness (QED) is 0.678. The van der Waals surface area contributed by atoms with Gasteiger partial charge in [-0.2, -0.15) is 0 Å². The summed E-state index contributed by atoms with van der Waals surface area (Å²) >= 11 is 1.49. The Morgan fingerprint density at radius 3 is 2.72 bits per heavy atom. The van der Waals surface area contributed by atoms with Crippen LogP contribution < -0.4 is 5.73 Å². The maximum atomic E-state index is 11.6. The monoisotopic (exact) mass is 262 g/mol. The van der Waals surface area contributed by atoms with Crippen LogP contribution >= 0.6 is 11.3 Å². The van der Waals surface area contributed by atoms with Crippen LogP contribution in [0.2, 0.25) is 0 Å². The van der Waals surface area contributed by atoms with Gasteiger partial charge in [0.1, 0.15) is 11.6 Å². The molecule has 0 aliphatic carbocycles. The third-order valence-corrected chi connectivity index (χ3v) is 3.29. The summed E-state index contributed by atoms with van der Waals surface area (Å²) < 4.78 is 5.15. The lowest BCUT2D eigenvalue weighted by molar-refractivity contribution is -0.144. The first-order valence-electron chi connectivity index (χ1n) is 5.54. The van der Waals surface area contributed by atoms with Gasteiger partial charge in [-0.05, 0) is 24.6 Å². The molecule has 2 aromatic rings. The minimum atomic E-state index is -0.257. The lowest BCUT2D eigenvalue weighted by Crippen LogP contribution is -2.08. The number of aryl methyl sites for hydroxylation is 1. The zero-order valence-electron chi connectivity index (χ0n) is 10.1. The highest BCUT2D eigenvalue weighted by atomic mass is 32.1. The van der Waals surface area contributed by atoms with E-state index in [9.17, 15) is 4.79 Å². The number of nitrogens with zero attached hydrogens (tertiary/aromatic N) is 1. The van der Waals surface area contributed by atoms with Crippen molar-refractivity contribution in [3.05, 3.63) is 45.9 Å². The van der Waals surface area contributed by atoms with E-state index in [1.54, 1.807) is 12.1 Å². The van der Waals surface area contributed by atoms with Crippen LogP contribution in [-0.4, -0.2) is 11.0 Å². The van der Waals surface area contributed by atoms with E-state index in [0.717, 1.165) is 16.3 Å². The van der Waals surface area contributed by atoms with Crippen molar-refractivity contribution in [2.24, 2.45) is 0 Å². The Balaban J connectivity index is 1.83. The van der Waals surface area contributed by atoms with Crippen molar-refractivity contribution in [1.29, 1.82) is 0 Å². The molecule has 1 aromatic heterocycles. The minimum Gasteiger partial charge on any atom is -0.458 e. The SMILES string of the molecule is Cc1csc(COC(=O)Cc2ccc(N)cc2)n1. The van der Waals surface area contributed by atoms with Crippen LogP contribution in [0.4, 0.5) is 5.69 Å². The first kappa shape index (κ1) is 12.6. The maximum Gasteiger partial charge on any atom is 0.310 e. The molecule has 0 aliphatic heterocycles. The summed E-state index contributed by atoms with van der Waals surface area (Å²) in [7, 11) is 0. The highest BCUT2D eigenvalue weighted by Crippen LogP contribution is 2.11. The molecule has 0 bridgehead atoms. The summed E-state index contributed by atoms with van der Waals surface area (Å²) in [5, 5.41) is 2.75. The number of nitrogens with two attached hydrogens (primary N) is 1. The highest BCUT2D eigenvalue weighted by Gasteiger charge is 2.06. The fraction of sp³-hybridized carbons (Fsp3) is 0.231. The summed E-state index contributed by atoms with van der Waals surface area (Å²) in [6.45, 7) is 2.16. The van der Waals surface area contributed by atoms with Crippen molar-refractivity contribution in [1.82, 2.24) is 4.98 Å². The first-order valence-corrected chi connectivity index (χ1v) is 6.42. The standard InChI is InChI=1S/C13H14N2O2S/c1-9-8-18-12(15-9)7-17-13(16)6-10-2-4-11(14)5-3-10/h2-5,8H,6-7,14H2,1H3. The van der Waals surface area contributed by atoms with Gasteiger partial charge in [0.2, 0.25) is 0 Å². The summed E-state index contributed by atoms with van der Waals surface area (Å²) in [4.78, 5) is 15.8. The molecule has 0 amide bonds. The fourth-order valence-electron chi connectivity index (χ4n) is 1.46. The average molecular weight is 262 g/mol. The summed E-state index contributed by atoms with van der Waals surface area (Å²) in [6, 6.07) is 7.19. The third kappa shape index (κ3) is 3.56. The number of nitrogen functional groups attached to an aromatic ring is 1. The van der Waals surface area contributed by atoms with Crippen LogP contribution in [0.15, 0.2) is 29.6 Å². The van der Waals surface area contributed by atoms with Gasteiger partial charge in [0.05, 0.1) is 6.42 Å². The summed E-state index contributed by atoms with van der Waals surface area (Å²) in [6.07, 6.45) is 0.255. The van der Waals surface area contributed by atoms with Gasteiger partial charge >= 0.3 is 5.97 Å². The van der Waals surface area contributed by atoms with Crippen LogP contribution in [-0.2, 0) is 22.6 Å². The number of hydrogen-bond donors (Lipinski definition) is 1. The number of esters is 1. The van der Waals surface area contributed by atoms with E-state index in [2.05, 4.69) is 4.98 Å². The molecular formula is C13H14N2O2S. The highest BCUT2D eigenvalue weighted by molar-refractivity contribution is 7.09. The molecule has 2 N–H and O–H groups in total. The average Bonchev–Trinajstić information content (AvgIpc) is 2.76. The molecule has 94 valence electrons. The van der Waals surface area contributed by atoms with E-state index in [-0.39, 0.29) is 19.0 Å². The number of hydrogen-bond acceptors (Lipinski definition) is 5. The topological polar surface area (TPSA) is 65.2 Å². The molecule has 2 rings (SSSR count). The molecule has 0 spiro atoms. The molecule has 0 aliphatic rings. The van der Waals surface area contributed by atoms with E-state index in [4.69, 9.17) is 10.5 Å². The zero-order chi connectivity index (χ0) is 13.0. The van der Waals surface area contributed by atoms with Gasteiger partial charge in [-0.25, -0.2) is 4.98 Å². The molecule has 0 radical (unpaired) electrons. The lowest BCUT2D eigenvalue weighted by Gasteiger charge is -2.03. The van der Waals surface area contributed by atoms with E-state index in [1.165, 1.54) is 11.3 Å². The third-order valence-electron chi connectivity index (χ3n) is 2.35. The van der Waals surface area contributed by atoms with Gasteiger partial charge in [0, 0.05) is 16.8 Å². The van der Waals surface area contributed by atoms with E-state index in [0.29, 0.717) is 5.69 Å². The zero-order valence-corrected chi connectivity index (χ0v) is 10.9. The molecule has 0 atom stereocenters. The number of rotatable bonds is 4. The molecule has 0 fully saturated rings. The number of thiazole rings is 1. The van der Waals surface area contributed by atoms with Gasteiger partial charge in [-0.15, -0.1) is 11.3 Å².